The molecular formula is C21H21NO3S. The third-order valence-corrected chi connectivity index (χ3v) is 4.89. The second-order valence-corrected chi connectivity index (χ2v) is 6.92. The van der Waals surface area contributed by atoms with Gasteiger partial charge in [-0.2, -0.15) is 0 Å². The van der Waals surface area contributed by atoms with E-state index in [1.165, 1.54) is 12.7 Å². The largest absolute Gasteiger partial charge is 0.457 e. The number of hydrogen-bond donors (Lipinski definition) is 1. The zero-order valence-electron chi connectivity index (χ0n) is 14.6. The van der Waals surface area contributed by atoms with E-state index < -0.39 is 11.1 Å². The summed E-state index contributed by atoms with van der Waals surface area (Å²) >= 11 is -1.50. The number of para-hydroxylation sites is 1. The van der Waals surface area contributed by atoms with Gasteiger partial charge in [-0.25, -0.2) is 4.21 Å². The molecule has 0 bridgehead atoms. The minimum atomic E-state index is -1.50. The van der Waals surface area contributed by atoms with E-state index >= 15 is 0 Å². The Bertz CT molecular complexity index is 854. The topological polar surface area (TPSA) is 47.6 Å². The minimum absolute atomic E-state index is 0.561. The van der Waals surface area contributed by atoms with Crippen LogP contribution in [0.2, 0.25) is 0 Å². The molecule has 0 aliphatic rings. The Kier molecular flexibility index (Phi) is 6.55. The summed E-state index contributed by atoms with van der Waals surface area (Å²) < 4.78 is 23.0. The Labute approximate surface area is 156 Å². The summed E-state index contributed by atoms with van der Waals surface area (Å²) in [6.45, 7) is 1.29. The molecule has 0 fully saturated rings. The highest BCUT2D eigenvalue weighted by Gasteiger charge is 2.11. The van der Waals surface area contributed by atoms with Crippen LogP contribution in [-0.2, 0) is 28.4 Å². The lowest BCUT2D eigenvalue weighted by Crippen LogP contribution is -2.14. The maximum absolute atomic E-state index is 12.2. The molecule has 0 aliphatic carbocycles. The molecular weight excluding hydrogens is 346 g/mol. The molecule has 3 aromatic carbocycles. The molecule has 0 saturated heterocycles. The first-order valence-electron chi connectivity index (χ1n) is 8.33. The molecule has 0 aromatic heterocycles. The Balaban J connectivity index is 1.75. The first kappa shape index (κ1) is 18.3. The molecule has 0 aliphatic heterocycles. The number of hydrogen-bond acceptors (Lipinski definition) is 4. The summed E-state index contributed by atoms with van der Waals surface area (Å²) in [6, 6.07) is 25.2. The maximum atomic E-state index is 12.2. The van der Waals surface area contributed by atoms with Crippen LogP contribution in [0.15, 0.2) is 83.8 Å². The van der Waals surface area contributed by atoms with E-state index in [1.54, 1.807) is 12.1 Å². The highest BCUT2D eigenvalue weighted by Crippen LogP contribution is 2.26. The van der Waals surface area contributed by atoms with Gasteiger partial charge in [0.25, 0.3) is 0 Å². The highest BCUT2D eigenvalue weighted by molar-refractivity contribution is 7.80. The molecule has 26 heavy (non-hydrogen) atoms. The highest BCUT2D eigenvalue weighted by atomic mass is 32.2. The van der Waals surface area contributed by atoms with Gasteiger partial charge in [-0.15, -0.1) is 0 Å². The van der Waals surface area contributed by atoms with E-state index in [0.29, 0.717) is 17.2 Å². The predicted octanol–water partition coefficient (Wildman–Crippen LogP) is 4.44. The molecule has 0 amide bonds. The molecule has 1 atom stereocenters. The molecule has 0 spiro atoms. The van der Waals surface area contributed by atoms with Crippen LogP contribution < -0.4 is 10.1 Å². The van der Waals surface area contributed by atoms with Crippen LogP contribution in [0.1, 0.15) is 11.1 Å². The molecule has 0 radical (unpaired) electrons. The second-order valence-electron chi connectivity index (χ2n) is 5.68. The van der Waals surface area contributed by atoms with Gasteiger partial charge in [0.2, 0.25) is 0 Å². The standard InChI is InChI=1S/C21H21NO3S/c1-24-26(23)21-13-12-20(25-19-10-6-3-7-11-19)14-18(21)16-22-15-17-8-4-2-5-9-17/h2-14,22H,15-16H2,1H3. The van der Waals surface area contributed by atoms with Crippen LogP contribution in [0.5, 0.6) is 11.5 Å². The Morgan fingerprint density at radius 3 is 2.23 bits per heavy atom. The number of rotatable bonds is 8. The maximum Gasteiger partial charge on any atom is 0.189 e. The number of ether oxygens (including phenoxy) is 1. The van der Waals surface area contributed by atoms with Gasteiger partial charge in [0.15, 0.2) is 11.1 Å². The summed E-state index contributed by atoms with van der Waals surface area (Å²) in [5, 5.41) is 3.38. The Morgan fingerprint density at radius 1 is 0.846 bits per heavy atom. The average Bonchev–Trinajstić information content (AvgIpc) is 2.69. The van der Waals surface area contributed by atoms with E-state index in [0.717, 1.165) is 17.9 Å². The first-order chi connectivity index (χ1) is 12.8. The van der Waals surface area contributed by atoms with Crippen molar-refractivity contribution in [2.24, 2.45) is 0 Å². The Hall–Kier alpha value is -2.47. The van der Waals surface area contributed by atoms with Crippen LogP contribution in [0, 0.1) is 0 Å². The molecule has 1 unspecified atom stereocenters. The SMILES string of the molecule is COS(=O)c1ccc(Oc2ccccc2)cc1CNCc1ccccc1. The van der Waals surface area contributed by atoms with E-state index in [2.05, 4.69) is 17.4 Å². The Morgan fingerprint density at radius 2 is 1.54 bits per heavy atom. The molecule has 5 heteroatoms. The van der Waals surface area contributed by atoms with Gasteiger partial charge in [0, 0.05) is 13.1 Å². The van der Waals surface area contributed by atoms with Crippen molar-refractivity contribution in [3.63, 3.8) is 0 Å². The summed E-state index contributed by atoms with van der Waals surface area (Å²) in [6.07, 6.45) is 0. The number of benzene rings is 3. The minimum Gasteiger partial charge on any atom is -0.457 e. The van der Waals surface area contributed by atoms with Crippen molar-refractivity contribution in [2.45, 2.75) is 18.0 Å². The fraction of sp³-hybridized carbons (Fsp3) is 0.143. The van der Waals surface area contributed by atoms with E-state index in [4.69, 9.17) is 8.92 Å². The van der Waals surface area contributed by atoms with E-state index in [1.807, 2.05) is 54.6 Å². The normalized spacial score (nSPS) is 11.9. The van der Waals surface area contributed by atoms with Crippen molar-refractivity contribution >= 4 is 11.1 Å². The van der Waals surface area contributed by atoms with Crippen LogP contribution >= 0.6 is 0 Å². The quantitative estimate of drug-likeness (QED) is 0.639. The van der Waals surface area contributed by atoms with Crippen LogP contribution in [0.3, 0.4) is 0 Å². The summed E-state index contributed by atoms with van der Waals surface area (Å²) in [7, 11) is 1.44. The fourth-order valence-corrected chi connectivity index (χ4v) is 3.28. The third-order valence-electron chi connectivity index (χ3n) is 3.83. The monoisotopic (exact) mass is 367 g/mol. The molecule has 3 aromatic rings. The van der Waals surface area contributed by atoms with Crippen molar-refractivity contribution in [2.75, 3.05) is 7.11 Å². The van der Waals surface area contributed by atoms with Crippen LogP contribution in [0.4, 0.5) is 0 Å². The zero-order chi connectivity index (χ0) is 18.2. The van der Waals surface area contributed by atoms with Gasteiger partial charge in [-0.1, -0.05) is 48.5 Å². The summed E-state index contributed by atoms with van der Waals surface area (Å²) in [4.78, 5) is 0.647. The second kappa shape index (κ2) is 9.29. The van der Waals surface area contributed by atoms with Crippen molar-refractivity contribution in [1.29, 1.82) is 0 Å². The zero-order valence-corrected chi connectivity index (χ0v) is 15.4. The molecule has 4 nitrogen and oxygen atoms in total. The van der Waals surface area contributed by atoms with Crippen molar-refractivity contribution in [3.05, 3.63) is 90.0 Å². The van der Waals surface area contributed by atoms with Crippen molar-refractivity contribution < 1.29 is 13.1 Å². The van der Waals surface area contributed by atoms with E-state index in [-0.39, 0.29) is 0 Å². The van der Waals surface area contributed by atoms with Gasteiger partial charge in [-0.05, 0) is 41.5 Å². The third kappa shape index (κ3) is 5.02. The lowest BCUT2D eigenvalue weighted by atomic mass is 10.2. The van der Waals surface area contributed by atoms with Crippen LogP contribution in [-0.4, -0.2) is 11.3 Å². The molecule has 0 heterocycles. The molecule has 134 valence electrons. The lowest BCUT2D eigenvalue weighted by molar-refractivity contribution is 0.444. The van der Waals surface area contributed by atoms with Gasteiger partial charge < -0.3 is 10.1 Å². The predicted molar refractivity (Wildman–Crippen MR) is 103 cm³/mol. The molecule has 0 saturated carbocycles. The molecule has 3 rings (SSSR count). The summed E-state index contributed by atoms with van der Waals surface area (Å²) in [5.41, 5.74) is 2.08. The van der Waals surface area contributed by atoms with E-state index in [9.17, 15) is 4.21 Å². The smallest absolute Gasteiger partial charge is 0.189 e. The van der Waals surface area contributed by atoms with Gasteiger partial charge in [0.05, 0.1) is 12.0 Å². The lowest BCUT2D eigenvalue weighted by Gasteiger charge is -2.12. The van der Waals surface area contributed by atoms with Gasteiger partial charge >= 0.3 is 0 Å². The fourth-order valence-electron chi connectivity index (χ4n) is 2.57. The average molecular weight is 367 g/mol. The van der Waals surface area contributed by atoms with Crippen molar-refractivity contribution in [1.82, 2.24) is 5.32 Å². The van der Waals surface area contributed by atoms with Gasteiger partial charge in [0.1, 0.15) is 11.5 Å². The summed E-state index contributed by atoms with van der Waals surface area (Å²) in [5.74, 6) is 1.46. The molecule has 1 N–H and O–H groups in total. The number of nitrogens with one attached hydrogen (secondary N) is 1. The van der Waals surface area contributed by atoms with Gasteiger partial charge in [-0.3, -0.25) is 4.18 Å². The van der Waals surface area contributed by atoms with Crippen molar-refractivity contribution in [3.8, 4) is 11.5 Å². The van der Waals surface area contributed by atoms with Crippen LogP contribution in [0.25, 0.3) is 0 Å². The first-order valence-corrected chi connectivity index (χ1v) is 9.40.